The molecule has 6 nitrogen and oxygen atoms in total. The SMILES string of the molecule is CC#C[C@H]1N(c2nc3c4c(ccc3s2)OCC4)C(=O)NC12COC2. The van der Waals surface area contributed by atoms with Gasteiger partial charge >= 0.3 is 6.03 Å². The Labute approximate surface area is 142 Å². The van der Waals surface area contributed by atoms with E-state index >= 15 is 0 Å². The van der Waals surface area contributed by atoms with Gasteiger partial charge in [0, 0.05) is 12.0 Å². The molecule has 0 aliphatic carbocycles. The van der Waals surface area contributed by atoms with Crippen LogP contribution in [0.15, 0.2) is 12.1 Å². The minimum atomic E-state index is -0.414. The molecule has 1 N–H and O–H groups in total. The number of aromatic nitrogens is 1. The molecular formula is C17H15N3O3S. The molecule has 2 saturated heterocycles. The number of nitrogens with one attached hydrogen (secondary N) is 1. The molecule has 4 heterocycles. The second-order valence-electron chi connectivity index (χ2n) is 6.23. The molecule has 7 heteroatoms. The zero-order valence-corrected chi connectivity index (χ0v) is 13.9. The molecule has 5 rings (SSSR count). The second-order valence-corrected chi connectivity index (χ2v) is 7.24. The molecule has 1 spiro atoms. The van der Waals surface area contributed by atoms with Crippen LogP contribution < -0.4 is 15.0 Å². The van der Waals surface area contributed by atoms with Crippen LogP contribution in [0.4, 0.5) is 9.93 Å². The first-order valence-corrected chi connectivity index (χ1v) is 8.70. The standard InChI is InChI=1S/C17H15N3O3S/c1-2-3-13-17(8-22-9-17)19-15(21)20(13)16-18-14-10-6-7-23-11(10)4-5-12(14)24-16/h4-5,13H,6-9H2,1H3,(H,19,21)/t13-/m1/s1. The average molecular weight is 341 g/mol. The van der Waals surface area contributed by atoms with Crippen molar-refractivity contribution in [3.63, 3.8) is 0 Å². The van der Waals surface area contributed by atoms with Gasteiger partial charge in [-0.15, -0.1) is 5.92 Å². The van der Waals surface area contributed by atoms with Crippen LogP contribution in [-0.2, 0) is 11.2 Å². The van der Waals surface area contributed by atoms with Crippen molar-refractivity contribution in [3.8, 4) is 17.6 Å². The second kappa shape index (κ2) is 4.85. The third kappa shape index (κ3) is 1.75. The number of ether oxygens (including phenoxy) is 2. The summed E-state index contributed by atoms with van der Waals surface area (Å²) in [7, 11) is 0. The Morgan fingerprint density at radius 3 is 3.08 bits per heavy atom. The van der Waals surface area contributed by atoms with Crippen LogP contribution in [0.3, 0.4) is 0 Å². The number of amides is 2. The Hall–Kier alpha value is -2.30. The molecule has 1 aromatic carbocycles. The molecule has 1 aromatic heterocycles. The number of anilines is 1. The van der Waals surface area contributed by atoms with Crippen LogP contribution in [0.5, 0.6) is 5.75 Å². The van der Waals surface area contributed by atoms with Crippen molar-refractivity contribution in [1.82, 2.24) is 10.3 Å². The van der Waals surface area contributed by atoms with Crippen LogP contribution in [0.25, 0.3) is 10.2 Å². The molecule has 2 aromatic rings. The first kappa shape index (κ1) is 14.1. The van der Waals surface area contributed by atoms with Gasteiger partial charge in [-0.05, 0) is 19.1 Å². The largest absolute Gasteiger partial charge is 0.493 e. The molecule has 2 fully saturated rings. The first-order chi connectivity index (χ1) is 11.7. The molecule has 0 radical (unpaired) electrons. The van der Waals surface area contributed by atoms with Crippen LogP contribution in [0, 0.1) is 11.8 Å². The highest BCUT2D eigenvalue weighted by atomic mass is 32.1. The van der Waals surface area contributed by atoms with Crippen molar-refractivity contribution in [3.05, 3.63) is 17.7 Å². The Morgan fingerprint density at radius 1 is 1.46 bits per heavy atom. The lowest BCUT2D eigenvalue weighted by Gasteiger charge is -2.40. The van der Waals surface area contributed by atoms with Gasteiger partial charge in [0.2, 0.25) is 0 Å². The smallest absolute Gasteiger partial charge is 0.325 e. The van der Waals surface area contributed by atoms with E-state index in [2.05, 4.69) is 17.2 Å². The Bertz CT molecular complexity index is 922. The topological polar surface area (TPSA) is 63.7 Å². The lowest BCUT2D eigenvalue weighted by atomic mass is 9.89. The number of thiazole rings is 1. The predicted molar refractivity (Wildman–Crippen MR) is 90.6 cm³/mol. The van der Waals surface area contributed by atoms with Crippen LogP contribution in [0.2, 0.25) is 0 Å². The van der Waals surface area contributed by atoms with Gasteiger partial charge in [0.05, 0.1) is 30.0 Å². The molecule has 0 unspecified atom stereocenters. The number of hydrogen-bond donors (Lipinski definition) is 1. The maximum Gasteiger partial charge on any atom is 0.325 e. The van der Waals surface area contributed by atoms with E-state index in [4.69, 9.17) is 14.5 Å². The molecule has 24 heavy (non-hydrogen) atoms. The molecular weight excluding hydrogens is 326 g/mol. The van der Waals surface area contributed by atoms with E-state index in [-0.39, 0.29) is 12.1 Å². The lowest BCUT2D eigenvalue weighted by molar-refractivity contribution is -0.0627. The Morgan fingerprint density at radius 2 is 2.33 bits per heavy atom. The van der Waals surface area contributed by atoms with Gasteiger partial charge in [-0.25, -0.2) is 9.78 Å². The number of urea groups is 1. The van der Waals surface area contributed by atoms with Crippen LogP contribution in [0.1, 0.15) is 12.5 Å². The van der Waals surface area contributed by atoms with Gasteiger partial charge < -0.3 is 14.8 Å². The fourth-order valence-corrected chi connectivity index (χ4v) is 4.58. The third-order valence-corrected chi connectivity index (χ3v) is 5.80. The highest BCUT2D eigenvalue weighted by Crippen LogP contribution is 2.41. The Kier molecular flexibility index (Phi) is 2.84. The molecule has 3 aliphatic heterocycles. The number of rotatable bonds is 1. The summed E-state index contributed by atoms with van der Waals surface area (Å²) in [5.41, 5.74) is 1.66. The van der Waals surface area contributed by atoms with Gasteiger partial charge in [0.1, 0.15) is 17.3 Å². The predicted octanol–water partition coefficient (Wildman–Crippen LogP) is 1.92. The van der Waals surface area contributed by atoms with E-state index in [1.165, 1.54) is 11.3 Å². The summed E-state index contributed by atoms with van der Waals surface area (Å²) in [4.78, 5) is 19.1. The zero-order valence-electron chi connectivity index (χ0n) is 13.1. The van der Waals surface area contributed by atoms with Crippen molar-refractivity contribution in [2.45, 2.75) is 24.9 Å². The molecule has 0 bridgehead atoms. The van der Waals surface area contributed by atoms with Crippen molar-refractivity contribution in [1.29, 1.82) is 0 Å². The van der Waals surface area contributed by atoms with E-state index in [1.807, 2.05) is 12.1 Å². The summed E-state index contributed by atoms with van der Waals surface area (Å²) in [6.45, 7) is 3.46. The van der Waals surface area contributed by atoms with Gasteiger partial charge in [0.15, 0.2) is 5.13 Å². The molecule has 3 aliphatic rings. The quantitative estimate of drug-likeness (QED) is 0.805. The number of fused-ring (bicyclic) bond motifs is 3. The maximum absolute atomic E-state index is 12.6. The van der Waals surface area contributed by atoms with E-state index in [1.54, 1.807) is 11.8 Å². The van der Waals surface area contributed by atoms with Crippen molar-refractivity contribution >= 4 is 32.7 Å². The summed E-state index contributed by atoms with van der Waals surface area (Å²) < 4.78 is 12.0. The van der Waals surface area contributed by atoms with E-state index in [9.17, 15) is 4.79 Å². The summed E-state index contributed by atoms with van der Waals surface area (Å²) in [5, 5.41) is 3.73. The molecule has 122 valence electrons. The molecule has 1 atom stereocenters. The van der Waals surface area contributed by atoms with Gasteiger partial charge in [-0.3, -0.25) is 4.90 Å². The number of carbonyl (C=O) groups is 1. The number of nitrogens with zero attached hydrogens (tertiary/aromatic N) is 2. The minimum absolute atomic E-state index is 0.155. The fraction of sp³-hybridized carbons (Fsp3) is 0.412. The van der Waals surface area contributed by atoms with Crippen molar-refractivity contribution < 1.29 is 14.3 Å². The van der Waals surface area contributed by atoms with Crippen molar-refractivity contribution in [2.75, 3.05) is 24.7 Å². The summed E-state index contributed by atoms with van der Waals surface area (Å²) in [6.07, 6.45) is 0.859. The van der Waals surface area contributed by atoms with Gasteiger partial charge in [-0.1, -0.05) is 17.3 Å². The van der Waals surface area contributed by atoms with Crippen LogP contribution >= 0.6 is 11.3 Å². The van der Waals surface area contributed by atoms with Gasteiger partial charge in [-0.2, -0.15) is 0 Å². The maximum atomic E-state index is 12.6. The number of carbonyl (C=O) groups excluding carboxylic acids is 1. The fourth-order valence-electron chi connectivity index (χ4n) is 3.56. The molecule has 2 amide bonds. The zero-order chi connectivity index (χ0) is 16.3. The van der Waals surface area contributed by atoms with Crippen LogP contribution in [-0.4, -0.2) is 42.4 Å². The summed E-state index contributed by atoms with van der Waals surface area (Å²) >= 11 is 1.52. The average Bonchev–Trinajstić information content (AvgIpc) is 3.20. The monoisotopic (exact) mass is 341 g/mol. The summed E-state index contributed by atoms with van der Waals surface area (Å²) in [5.74, 6) is 7.02. The normalized spacial score (nSPS) is 23.5. The number of benzene rings is 1. The first-order valence-electron chi connectivity index (χ1n) is 7.88. The lowest BCUT2D eigenvalue weighted by Crippen LogP contribution is -2.63. The highest BCUT2D eigenvalue weighted by molar-refractivity contribution is 7.22. The van der Waals surface area contributed by atoms with Crippen molar-refractivity contribution in [2.24, 2.45) is 0 Å². The van der Waals surface area contributed by atoms with E-state index in [0.717, 1.165) is 28.0 Å². The molecule has 0 saturated carbocycles. The minimum Gasteiger partial charge on any atom is -0.493 e. The summed E-state index contributed by atoms with van der Waals surface area (Å²) in [6, 6.07) is 3.59. The third-order valence-electron chi connectivity index (χ3n) is 4.78. The number of hydrogen-bond acceptors (Lipinski definition) is 5. The van der Waals surface area contributed by atoms with E-state index in [0.29, 0.717) is 25.0 Å². The van der Waals surface area contributed by atoms with E-state index < -0.39 is 5.54 Å². The Balaban J connectivity index is 1.63. The highest BCUT2D eigenvalue weighted by Gasteiger charge is 2.57. The van der Waals surface area contributed by atoms with Gasteiger partial charge in [0.25, 0.3) is 0 Å².